The van der Waals surface area contributed by atoms with Crippen LogP contribution in [0.3, 0.4) is 0 Å². The Hall–Kier alpha value is -0.830. The third kappa shape index (κ3) is 3.59. The molecule has 2 fully saturated rings. The van der Waals surface area contributed by atoms with Gasteiger partial charge in [0, 0.05) is 19.6 Å². The number of rotatable bonds is 2. The largest absolute Gasteiger partial charge is 0.406 e. The van der Waals surface area contributed by atoms with Crippen molar-refractivity contribution >= 4 is 15.7 Å². The normalized spacial score (nSPS) is 28.9. The zero-order valence-corrected chi connectivity index (χ0v) is 11.0. The summed E-state index contributed by atoms with van der Waals surface area (Å²) in [5, 5.41) is 0. The van der Waals surface area contributed by atoms with Gasteiger partial charge in [0.25, 0.3) is 0 Å². The fraction of sp³-hybridized carbons (Fsp3) is 0.900. The maximum Gasteiger partial charge on any atom is 0.406 e. The third-order valence-corrected chi connectivity index (χ3v) is 5.07. The van der Waals surface area contributed by atoms with Gasteiger partial charge in [-0.15, -0.1) is 0 Å². The predicted molar refractivity (Wildman–Crippen MR) is 61.3 cm³/mol. The quantitative estimate of drug-likeness (QED) is 0.713. The first-order valence-electron chi connectivity index (χ1n) is 5.98. The van der Waals surface area contributed by atoms with Gasteiger partial charge in [-0.3, -0.25) is 9.69 Å². The van der Waals surface area contributed by atoms with Gasteiger partial charge in [-0.2, -0.15) is 13.2 Å². The molecule has 0 bridgehead atoms. The summed E-state index contributed by atoms with van der Waals surface area (Å²) in [6.45, 7) is -0.710. The lowest BCUT2D eigenvalue weighted by molar-refractivity contribution is -0.159. The van der Waals surface area contributed by atoms with E-state index in [1.165, 1.54) is 0 Å². The van der Waals surface area contributed by atoms with Crippen LogP contribution < -0.4 is 0 Å². The van der Waals surface area contributed by atoms with E-state index in [0.29, 0.717) is 6.42 Å². The zero-order chi connectivity index (χ0) is 14.3. The van der Waals surface area contributed by atoms with Crippen LogP contribution in [-0.4, -0.2) is 74.0 Å². The average molecular weight is 300 g/mol. The minimum atomic E-state index is -4.39. The summed E-state index contributed by atoms with van der Waals surface area (Å²) in [5.74, 6) is -0.608. The van der Waals surface area contributed by atoms with Crippen LogP contribution >= 0.6 is 0 Å². The Morgan fingerprint density at radius 2 is 1.74 bits per heavy atom. The number of hydrogen-bond acceptors (Lipinski definition) is 4. The number of likely N-dealkylation sites (tertiary alicyclic amines) is 1. The monoisotopic (exact) mass is 300 g/mol. The molecule has 1 atom stereocenters. The van der Waals surface area contributed by atoms with Gasteiger partial charge in [0.15, 0.2) is 9.84 Å². The Morgan fingerprint density at radius 3 is 2.26 bits per heavy atom. The number of halogens is 3. The SMILES string of the molecule is O=C1C(N2CCS(=O)(=O)CC2)CCN1CC(F)(F)F. The van der Waals surface area contributed by atoms with Crippen LogP contribution in [0.25, 0.3) is 0 Å². The summed E-state index contributed by atoms with van der Waals surface area (Å²) in [7, 11) is -3.05. The Labute approximate surface area is 109 Å². The number of carbonyl (C=O) groups excluding carboxylic acids is 1. The van der Waals surface area contributed by atoms with Crippen LogP contribution in [0.1, 0.15) is 6.42 Å². The lowest BCUT2D eigenvalue weighted by atomic mass is 10.2. The third-order valence-electron chi connectivity index (χ3n) is 3.46. The van der Waals surface area contributed by atoms with Gasteiger partial charge < -0.3 is 4.90 Å². The molecule has 0 saturated carbocycles. The highest BCUT2D eigenvalue weighted by molar-refractivity contribution is 7.91. The van der Waals surface area contributed by atoms with Gasteiger partial charge in [0.05, 0.1) is 17.5 Å². The van der Waals surface area contributed by atoms with Crippen LogP contribution in [0, 0.1) is 0 Å². The Bertz CT molecular complexity index is 449. The molecule has 2 aliphatic heterocycles. The fourth-order valence-corrected chi connectivity index (χ4v) is 3.70. The minimum Gasteiger partial charge on any atom is -0.332 e. The van der Waals surface area contributed by atoms with E-state index in [0.717, 1.165) is 4.90 Å². The molecular formula is C10H15F3N2O3S. The summed E-state index contributed by atoms with van der Waals surface area (Å²) >= 11 is 0. The number of carbonyl (C=O) groups is 1. The van der Waals surface area contributed by atoms with Crippen LogP contribution in [0.2, 0.25) is 0 Å². The Balaban J connectivity index is 1.95. The van der Waals surface area contributed by atoms with Crippen molar-refractivity contribution in [1.29, 1.82) is 0 Å². The summed E-state index contributed by atoms with van der Waals surface area (Å²) in [5.41, 5.74) is 0. The van der Waals surface area contributed by atoms with Gasteiger partial charge in [0.1, 0.15) is 6.54 Å². The molecule has 5 nitrogen and oxygen atoms in total. The van der Waals surface area contributed by atoms with Crippen molar-refractivity contribution < 1.29 is 26.4 Å². The van der Waals surface area contributed by atoms with E-state index in [-0.39, 0.29) is 31.1 Å². The van der Waals surface area contributed by atoms with Crippen LogP contribution in [0.15, 0.2) is 0 Å². The van der Waals surface area contributed by atoms with Crippen LogP contribution in [0.4, 0.5) is 13.2 Å². The highest BCUT2D eigenvalue weighted by Crippen LogP contribution is 2.24. The van der Waals surface area contributed by atoms with Crippen molar-refractivity contribution in [2.24, 2.45) is 0 Å². The molecule has 110 valence electrons. The van der Waals surface area contributed by atoms with E-state index in [1.807, 2.05) is 0 Å². The molecule has 0 aromatic heterocycles. The summed E-state index contributed by atoms with van der Waals surface area (Å²) in [6.07, 6.45) is -4.06. The molecule has 0 radical (unpaired) electrons. The molecule has 9 heteroatoms. The van der Waals surface area contributed by atoms with E-state index in [9.17, 15) is 26.4 Å². The van der Waals surface area contributed by atoms with Crippen molar-refractivity contribution in [1.82, 2.24) is 9.80 Å². The first kappa shape index (κ1) is 14.6. The molecule has 0 spiro atoms. The van der Waals surface area contributed by atoms with Gasteiger partial charge in [0.2, 0.25) is 5.91 Å². The van der Waals surface area contributed by atoms with Crippen molar-refractivity contribution in [3.8, 4) is 0 Å². The molecule has 1 unspecified atom stereocenters. The summed E-state index contributed by atoms with van der Waals surface area (Å²) < 4.78 is 59.3. The number of sulfone groups is 1. The lowest BCUT2D eigenvalue weighted by Gasteiger charge is -2.31. The second kappa shape index (κ2) is 4.93. The molecule has 19 heavy (non-hydrogen) atoms. The van der Waals surface area contributed by atoms with Crippen LogP contribution in [0.5, 0.6) is 0 Å². The second-order valence-corrected chi connectivity index (χ2v) is 7.17. The minimum absolute atomic E-state index is 0.0317. The highest BCUT2D eigenvalue weighted by atomic mass is 32.2. The molecule has 2 aliphatic rings. The number of hydrogen-bond donors (Lipinski definition) is 0. The van der Waals surface area contributed by atoms with Gasteiger partial charge >= 0.3 is 6.18 Å². The average Bonchev–Trinajstić information content (AvgIpc) is 2.59. The fourth-order valence-electron chi connectivity index (χ4n) is 2.47. The molecule has 0 aromatic rings. The zero-order valence-electron chi connectivity index (χ0n) is 10.2. The van der Waals surface area contributed by atoms with E-state index in [2.05, 4.69) is 0 Å². The standard InChI is InChI=1S/C10H15F3N2O3S/c11-10(12,13)7-15-2-1-8(9(15)16)14-3-5-19(17,18)6-4-14/h8H,1-7H2. The van der Waals surface area contributed by atoms with E-state index < -0.39 is 34.5 Å². The van der Waals surface area contributed by atoms with Gasteiger partial charge in [-0.1, -0.05) is 0 Å². The summed E-state index contributed by atoms with van der Waals surface area (Å²) in [6, 6.07) is -0.599. The Morgan fingerprint density at radius 1 is 1.16 bits per heavy atom. The maximum absolute atomic E-state index is 12.3. The summed E-state index contributed by atoms with van der Waals surface area (Å²) in [4.78, 5) is 14.4. The molecule has 0 aliphatic carbocycles. The second-order valence-electron chi connectivity index (χ2n) is 4.87. The van der Waals surface area contributed by atoms with E-state index >= 15 is 0 Å². The van der Waals surface area contributed by atoms with Crippen LogP contribution in [-0.2, 0) is 14.6 Å². The highest BCUT2D eigenvalue weighted by Gasteiger charge is 2.42. The number of amides is 1. The van der Waals surface area contributed by atoms with Crippen molar-refractivity contribution in [2.75, 3.05) is 37.7 Å². The van der Waals surface area contributed by atoms with Crippen molar-refractivity contribution in [2.45, 2.75) is 18.6 Å². The topological polar surface area (TPSA) is 57.7 Å². The first-order chi connectivity index (χ1) is 8.68. The van der Waals surface area contributed by atoms with Crippen molar-refractivity contribution in [3.63, 3.8) is 0 Å². The molecule has 2 saturated heterocycles. The molecule has 2 rings (SSSR count). The maximum atomic E-state index is 12.3. The van der Waals surface area contributed by atoms with Gasteiger partial charge in [-0.25, -0.2) is 8.42 Å². The molecular weight excluding hydrogens is 285 g/mol. The molecule has 0 N–H and O–H groups in total. The molecule has 1 amide bonds. The molecule has 0 aromatic carbocycles. The lowest BCUT2D eigenvalue weighted by Crippen LogP contribution is -2.49. The molecule has 2 heterocycles. The number of alkyl halides is 3. The number of nitrogens with zero attached hydrogens (tertiary/aromatic N) is 2. The smallest absolute Gasteiger partial charge is 0.332 e. The predicted octanol–water partition coefficient (Wildman–Crippen LogP) is -0.120. The Kier molecular flexibility index (Phi) is 3.78. The van der Waals surface area contributed by atoms with E-state index in [1.54, 1.807) is 4.90 Å². The first-order valence-corrected chi connectivity index (χ1v) is 7.80. The van der Waals surface area contributed by atoms with Crippen molar-refractivity contribution in [3.05, 3.63) is 0 Å². The van der Waals surface area contributed by atoms with Gasteiger partial charge in [-0.05, 0) is 6.42 Å². The van der Waals surface area contributed by atoms with E-state index in [4.69, 9.17) is 0 Å².